The first kappa shape index (κ1) is 67.8. The highest BCUT2D eigenvalue weighted by Crippen LogP contribution is 2.15. The van der Waals surface area contributed by atoms with Crippen molar-refractivity contribution in [3.63, 3.8) is 0 Å². The van der Waals surface area contributed by atoms with E-state index in [2.05, 4.69) is 93.7 Å². The normalized spacial score (nSPS) is 12.5. The minimum atomic E-state index is -0.790. The molecular weight excluding hydrogens is 877 g/mol. The van der Waals surface area contributed by atoms with Gasteiger partial charge in [0, 0.05) is 19.3 Å². The van der Waals surface area contributed by atoms with Gasteiger partial charge in [-0.1, -0.05) is 241 Å². The zero-order valence-electron chi connectivity index (χ0n) is 47.0. The summed E-state index contributed by atoms with van der Waals surface area (Å²) in [6, 6.07) is 0. The molecule has 0 amide bonds. The summed E-state index contributed by atoms with van der Waals surface area (Å²) >= 11 is 0. The number of allylic oxidation sites excluding steroid dienone is 12. The maximum atomic E-state index is 12.9. The standard InChI is InChI=1S/C65H114O6/c1-4-7-10-13-16-19-22-25-28-30-31-32-33-35-37-40-43-46-49-52-55-58-64(67)70-61-62(60-69-63(66)57-54-51-48-45-42-39-36-27-24-21-18-15-12-9-6-3)71-65(68)59-56-53-50-47-44-41-38-34-29-26-23-20-17-14-11-8-5-2/h18,21-22,25-27,29-31,33,35-36,62H,4-17,19-20,23-24,28,32,34,37-61H2,1-3H3/b21-18-,25-22-,29-26-,31-30-,35-33-,36-27-. The van der Waals surface area contributed by atoms with Crippen molar-refractivity contribution in [2.24, 2.45) is 0 Å². The number of hydrogen-bond acceptors (Lipinski definition) is 6. The van der Waals surface area contributed by atoms with Crippen molar-refractivity contribution < 1.29 is 28.6 Å². The van der Waals surface area contributed by atoms with Crippen LogP contribution in [0.4, 0.5) is 0 Å². The fraction of sp³-hybridized carbons (Fsp3) is 0.769. The molecule has 0 N–H and O–H groups in total. The largest absolute Gasteiger partial charge is 0.462 e. The van der Waals surface area contributed by atoms with Crippen LogP contribution in [0.1, 0.15) is 303 Å². The second-order valence-corrected chi connectivity index (χ2v) is 20.2. The van der Waals surface area contributed by atoms with Gasteiger partial charge >= 0.3 is 17.9 Å². The van der Waals surface area contributed by atoms with E-state index in [0.717, 1.165) is 96.3 Å². The molecule has 6 nitrogen and oxygen atoms in total. The lowest BCUT2D eigenvalue weighted by Crippen LogP contribution is -2.30. The summed E-state index contributed by atoms with van der Waals surface area (Å²) in [5, 5.41) is 0. The second-order valence-electron chi connectivity index (χ2n) is 20.2. The lowest BCUT2D eigenvalue weighted by Gasteiger charge is -2.18. The van der Waals surface area contributed by atoms with Crippen LogP contribution in [0.2, 0.25) is 0 Å². The molecule has 0 radical (unpaired) electrons. The van der Waals surface area contributed by atoms with Gasteiger partial charge in [-0.25, -0.2) is 0 Å². The minimum Gasteiger partial charge on any atom is -0.462 e. The van der Waals surface area contributed by atoms with Gasteiger partial charge in [-0.15, -0.1) is 0 Å². The van der Waals surface area contributed by atoms with E-state index in [-0.39, 0.29) is 31.1 Å². The summed E-state index contributed by atoms with van der Waals surface area (Å²) < 4.78 is 16.9. The Labute approximate surface area is 440 Å². The average Bonchev–Trinajstić information content (AvgIpc) is 3.37. The molecule has 0 heterocycles. The van der Waals surface area contributed by atoms with Crippen LogP contribution in [0.3, 0.4) is 0 Å². The summed E-state index contributed by atoms with van der Waals surface area (Å²) in [4.78, 5) is 38.2. The first-order chi connectivity index (χ1) is 35.0. The van der Waals surface area contributed by atoms with Crippen molar-refractivity contribution in [1.82, 2.24) is 0 Å². The number of ether oxygens (including phenoxy) is 3. The smallest absolute Gasteiger partial charge is 0.306 e. The molecule has 0 aromatic rings. The number of carbonyl (C=O) groups excluding carboxylic acids is 3. The molecule has 0 rings (SSSR count). The van der Waals surface area contributed by atoms with E-state index < -0.39 is 6.10 Å². The Morgan fingerprint density at radius 2 is 0.507 bits per heavy atom. The summed E-state index contributed by atoms with van der Waals surface area (Å²) in [6.07, 6.45) is 76.0. The molecule has 0 saturated carbocycles. The minimum absolute atomic E-state index is 0.0879. The molecule has 410 valence electrons. The zero-order valence-corrected chi connectivity index (χ0v) is 47.0. The summed E-state index contributed by atoms with van der Waals surface area (Å²) in [6.45, 7) is 6.60. The maximum Gasteiger partial charge on any atom is 0.306 e. The predicted octanol–water partition coefficient (Wildman–Crippen LogP) is 20.5. The molecule has 0 aromatic heterocycles. The lowest BCUT2D eigenvalue weighted by atomic mass is 10.1. The van der Waals surface area contributed by atoms with Gasteiger partial charge < -0.3 is 14.2 Å². The molecule has 1 unspecified atom stereocenters. The average molecular weight is 992 g/mol. The fourth-order valence-electron chi connectivity index (χ4n) is 8.53. The molecule has 0 aliphatic rings. The molecule has 0 aliphatic carbocycles. The van der Waals surface area contributed by atoms with Gasteiger partial charge in [0.15, 0.2) is 6.10 Å². The van der Waals surface area contributed by atoms with Crippen LogP contribution in [-0.2, 0) is 28.6 Å². The molecule has 0 saturated heterocycles. The predicted molar refractivity (Wildman–Crippen MR) is 307 cm³/mol. The van der Waals surface area contributed by atoms with E-state index in [9.17, 15) is 14.4 Å². The Morgan fingerprint density at radius 1 is 0.282 bits per heavy atom. The molecular formula is C65H114O6. The van der Waals surface area contributed by atoms with Crippen LogP contribution in [0.15, 0.2) is 72.9 Å². The summed E-state index contributed by atoms with van der Waals surface area (Å²) in [5.41, 5.74) is 0. The molecule has 0 fully saturated rings. The first-order valence-corrected chi connectivity index (χ1v) is 30.4. The molecule has 0 spiro atoms. The number of esters is 3. The van der Waals surface area contributed by atoms with E-state index in [1.807, 2.05) is 0 Å². The quantitative estimate of drug-likeness (QED) is 0.0261. The highest BCUT2D eigenvalue weighted by Gasteiger charge is 2.19. The molecule has 1 atom stereocenters. The van der Waals surface area contributed by atoms with Crippen molar-refractivity contribution in [3.8, 4) is 0 Å². The number of unbranched alkanes of at least 4 members (excludes halogenated alkanes) is 32. The Bertz CT molecular complexity index is 1320. The van der Waals surface area contributed by atoms with Crippen LogP contribution in [0.25, 0.3) is 0 Å². The van der Waals surface area contributed by atoms with Gasteiger partial charge in [-0.3, -0.25) is 14.4 Å². The third-order valence-electron chi connectivity index (χ3n) is 13.2. The van der Waals surface area contributed by atoms with Crippen LogP contribution in [-0.4, -0.2) is 37.2 Å². The van der Waals surface area contributed by atoms with Crippen molar-refractivity contribution in [1.29, 1.82) is 0 Å². The fourth-order valence-corrected chi connectivity index (χ4v) is 8.53. The molecule has 0 aromatic carbocycles. The van der Waals surface area contributed by atoms with E-state index in [1.54, 1.807) is 0 Å². The van der Waals surface area contributed by atoms with Crippen LogP contribution in [0, 0.1) is 0 Å². The third kappa shape index (κ3) is 57.6. The van der Waals surface area contributed by atoms with Crippen LogP contribution < -0.4 is 0 Å². The summed E-state index contributed by atoms with van der Waals surface area (Å²) in [7, 11) is 0. The molecule has 0 bridgehead atoms. The zero-order chi connectivity index (χ0) is 51.4. The monoisotopic (exact) mass is 991 g/mol. The van der Waals surface area contributed by atoms with E-state index in [0.29, 0.717) is 19.3 Å². The van der Waals surface area contributed by atoms with E-state index in [1.165, 1.54) is 167 Å². The highest BCUT2D eigenvalue weighted by atomic mass is 16.6. The topological polar surface area (TPSA) is 78.9 Å². The van der Waals surface area contributed by atoms with Gasteiger partial charge in [-0.2, -0.15) is 0 Å². The van der Waals surface area contributed by atoms with Gasteiger partial charge in [-0.05, 0) is 116 Å². The van der Waals surface area contributed by atoms with E-state index >= 15 is 0 Å². The maximum absolute atomic E-state index is 12.9. The van der Waals surface area contributed by atoms with Gasteiger partial charge in [0.1, 0.15) is 13.2 Å². The highest BCUT2D eigenvalue weighted by molar-refractivity contribution is 5.71. The van der Waals surface area contributed by atoms with Crippen LogP contribution in [0.5, 0.6) is 0 Å². The lowest BCUT2D eigenvalue weighted by molar-refractivity contribution is -0.167. The molecule has 0 aliphatic heterocycles. The Balaban J connectivity index is 4.41. The van der Waals surface area contributed by atoms with Gasteiger partial charge in [0.25, 0.3) is 0 Å². The number of hydrogen-bond donors (Lipinski definition) is 0. The number of carbonyl (C=O) groups is 3. The first-order valence-electron chi connectivity index (χ1n) is 30.4. The van der Waals surface area contributed by atoms with Crippen molar-refractivity contribution in [3.05, 3.63) is 72.9 Å². The molecule has 71 heavy (non-hydrogen) atoms. The second kappa shape index (κ2) is 59.4. The summed E-state index contributed by atoms with van der Waals surface area (Å²) in [5.74, 6) is -0.907. The third-order valence-corrected chi connectivity index (χ3v) is 13.2. The van der Waals surface area contributed by atoms with Gasteiger partial charge in [0.05, 0.1) is 0 Å². The number of rotatable bonds is 55. The molecule has 6 heteroatoms. The van der Waals surface area contributed by atoms with E-state index in [4.69, 9.17) is 14.2 Å². The Morgan fingerprint density at radius 3 is 0.831 bits per heavy atom. The Kier molecular flexibility index (Phi) is 56.8. The Hall–Kier alpha value is -3.15. The van der Waals surface area contributed by atoms with Crippen molar-refractivity contribution >= 4 is 17.9 Å². The SMILES string of the molecule is CCCCC/C=C\C/C=C\CCCCCCCC(=O)OCC(COC(=O)CCCCCCCC/C=C\C/C=C\C/C=C\CCCCCCC)OC(=O)CCCCCCCCC/C=C\CCCCCCCC. The van der Waals surface area contributed by atoms with Gasteiger partial charge in [0.2, 0.25) is 0 Å². The van der Waals surface area contributed by atoms with Crippen molar-refractivity contribution in [2.45, 2.75) is 309 Å². The van der Waals surface area contributed by atoms with Crippen LogP contribution >= 0.6 is 0 Å². The van der Waals surface area contributed by atoms with Crippen molar-refractivity contribution in [2.75, 3.05) is 13.2 Å².